The van der Waals surface area contributed by atoms with Crippen molar-refractivity contribution in [2.45, 2.75) is 71.8 Å². The molecule has 1 aromatic carbocycles. The SMILES string of the molecule is CC(C)(C)c1cc(COCCCCO[P+](=O)[O-])cc(C(C)(C)C)c1O. The summed E-state index contributed by atoms with van der Waals surface area (Å²) in [4.78, 5) is 10.3. The lowest BCUT2D eigenvalue weighted by atomic mass is 9.78. The molecule has 1 rings (SSSR count). The molecule has 0 amide bonds. The van der Waals surface area contributed by atoms with E-state index in [1.54, 1.807) is 0 Å². The van der Waals surface area contributed by atoms with Crippen LogP contribution >= 0.6 is 8.25 Å². The predicted molar refractivity (Wildman–Crippen MR) is 98.0 cm³/mol. The summed E-state index contributed by atoms with van der Waals surface area (Å²) in [5, 5.41) is 10.7. The van der Waals surface area contributed by atoms with Crippen LogP contribution in [0.4, 0.5) is 0 Å². The van der Waals surface area contributed by atoms with Crippen molar-refractivity contribution in [1.29, 1.82) is 0 Å². The predicted octanol–water partition coefficient (Wildman–Crippen LogP) is 4.32. The van der Waals surface area contributed by atoms with Crippen molar-refractivity contribution in [2.24, 2.45) is 0 Å². The molecule has 1 unspecified atom stereocenters. The topological polar surface area (TPSA) is 78.8 Å². The summed E-state index contributed by atoms with van der Waals surface area (Å²) < 4.78 is 20.5. The molecule has 1 N–H and O–H groups in total. The number of phenols is 1. The molecule has 5 nitrogen and oxygen atoms in total. The first-order chi connectivity index (χ1) is 11.4. The molecule has 25 heavy (non-hydrogen) atoms. The smallest absolute Gasteiger partial charge is 0.488 e. The molecular formula is C19H31O5P. The van der Waals surface area contributed by atoms with Gasteiger partial charge < -0.3 is 14.7 Å². The number of hydrogen-bond donors (Lipinski definition) is 1. The summed E-state index contributed by atoms with van der Waals surface area (Å²) in [5.41, 5.74) is 2.56. The maximum atomic E-state index is 10.7. The Kier molecular flexibility index (Phi) is 8.01. The minimum Gasteiger partial charge on any atom is -0.566 e. The zero-order valence-corrected chi connectivity index (χ0v) is 17.1. The second kappa shape index (κ2) is 9.09. The Bertz CT molecular complexity index is 549. The molecular weight excluding hydrogens is 339 g/mol. The van der Waals surface area contributed by atoms with Crippen LogP contribution < -0.4 is 4.89 Å². The number of rotatable bonds is 8. The van der Waals surface area contributed by atoms with E-state index in [2.05, 4.69) is 46.1 Å². The van der Waals surface area contributed by atoms with E-state index in [0.29, 0.717) is 25.4 Å². The van der Waals surface area contributed by atoms with Gasteiger partial charge in [0.15, 0.2) is 0 Å². The third-order valence-electron chi connectivity index (χ3n) is 3.93. The van der Waals surface area contributed by atoms with Crippen LogP contribution in [0.15, 0.2) is 12.1 Å². The average Bonchev–Trinajstić information content (AvgIpc) is 2.44. The molecule has 0 aliphatic heterocycles. The number of ether oxygens (including phenoxy) is 1. The highest BCUT2D eigenvalue weighted by atomic mass is 31.1. The third kappa shape index (κ3) is 7.41. The molecule has 1 atom stereocenters. The molecule has 142 valence electrons. The monoisotopic (exact) mass is 370 g/mol. The summed E-state index contributed by atoms with van der Waals surface area (Å²) in [5.74, 6) is 0.368. The zero-order chi connectivity index (χ0) is 19.3. The minimum absolute atomic E-state index is 0.160. The van der Waals surface area contributed by atoms with Crippen molar-refractivity contribution >= 4 is 8.25 Å². The number of benzene rings is 1. The van der Waals surface area contributed by atoms with E-state index in [4.69, 9.17) is 4.74 Å². The van der Waals surface area contributed by atoms with Crippen molar-refractivity contribution < 1.29 is 23.8 Å². The minimum atomic E-state index is -2.76. The first kappa shape index (κ1) is 22.0. The molecule has 0 radical (unpaired) electrons. The maximum absolute atomic E-state index is 10.7. The lowest BCUT2D eigenvalue weighted by Gasteiger charge is -2.28. The summed E-state index contributed by atoms with van der Waals surface area (Å²) in [6.45, 7) is 13.7. The van der Waals surface area contributed by atoms with E-state index < -0.39 is 8.25 Å². The second-order valence-electron chi connectivity index (χ2n) is 8.36. The van der Waals surface area contributed by atoms with Gasteiger partial charge in [-0.25, -0.2) is 0 Å². The van der Waals surface area contributed by atoms with Crippen LogP contribution in [0.25, 0.3) is 0 Å². The molecule has 0 aromatic heterocycles. The summed E-state index contributed by atoms with van der Waals surface area (Å²) in [7, 11) is -2.76. The van der Waals surface area contributed by atoms with E-state index in [1.165, 1.54) is 0 Å². The van der Waals surface area contributed by atoms with Gasteiger partial charge in [0.25, 0.3) is 0 Å². The van der Waals surface area contributed by atoms with Crippen molar-refractivity contribution in [3.8, 4) is 5.75 Å². The highest BCUT2D eigenvalue weighted by Crippen LogP contribution is 2.39. The molecule has 0 aliphatic rings. The molecule has 6 heteroatoms. The van der Waals surface area contributed by atoms with E-state index in [1.807, 2.05) is 12.1 Å². The normalized spacial score (nSPS) is 13.2. The second-order valence-corrected chi connectivity index (χ2v) is 9.06. The highest BCUT2D eigenvalue weighted by molar-refractivity contribution is 7.30. The Morgan fingerprint density at radius 2 is 1.48 bits per heavy atom. The van der Waals surface area contributed by atoms with Crippen LogP contribution in [0, 0.1) is 0 Å². The van der Waals surface area contributed by atoms with E-state index in [-0.39, 0.29) is 17.4 Å². The Morgan fingerprint density at radius 1 is 1.00 bits per heavy atom. The van der Waals surface area contributed by atoms with Crippen molar-refractivity contribution in [1.82, 2.24) is 0 Å². The first-order valence-corrected chi connectivity index (χ1v) is 9.74. The van der Waals surface area contributed by atoms with E-state index in [0.717, 1.165) is 23.1 Å². The average molecular weight is 370 g/mol. The van der Waals surface area contributed by atoms with Crippen LogP contribution in [0.5, 0.6) is 5.75 Å². The van der Waals surface area contributed by atoms with Crippen molar-refractivity contribution in [3.05, 3.63) is 28.8 Å². The number of aromatic hydroxyl groups is 1. The largest absolute Gasteiger partial charge is 0.566 e. The van der Waals surface area contributed by atoms with Gasteiger partial charge in [0.2, 0.25) is 0 Å². The van der Waals surface area contributed by atoms with Gasteiger partial charge in [0.1, 0.15) is 12.4 Å². The van der Waals surface area contributed by atoms with Gasteiger partial charge in [0.05, 0.1) is 6.61 Å². The summed E-state index contributed by atoms with van der Waals surface area (Å²) >= 11 is 0. The third-order valence-corrected chi connectivity index (χ3v) is 4.33. The molecule has 0 saturated carbocycles. The molecule has 1 aromatic rings. The first-order valence-electron chi connectivity index (χ1n) is 8.65. The lowest BCUT2D eigenvalue weighted by Crippen LogP contribution is -2.18. The highest BCUT2D eigenvalue weighted by Gasteiger charge is 2.26. The fourth-order valence-corrected chi connectivity index (χ4v) is 2.83. The molecule has 0 saturated heterocycles. The quantitative estimate of drug-likeness (QED) is 0.545. The standard InChI is InChI=1S/C19H31O5P/c1-18(2,3)15-11-14(12-16(17(15)20)19(4,5)6)13-23-9-7-8-10-24-25(21)22/h11-12,20H,7-10,13H2,1-6H3. The Balaban J connectivity index is 2.75. The molecule has 0 spiro atoms. The Labute approximate surface area is 152 Å². The van der Waals surface area contributed by atoms with Crippen LogP contribution in [0.1, 0.15) is 71.1 Å². The van der Waals surface area contributed by atoms with Crippen molar-refractivity contribution in [3.63, 3.8) is 0 Å². The molecule has 0 aliphatic carbocycles. The van der Waals surface area contributed by atoms with Crippen LogP contribution in [-0.2, 0) is 31.3 Å². The van der Waals surface area contributed by atoms with Crippen LogP contribution in [0.3, 0.4) is 0 Å². The number of phenolic OH excluding ortho intramolecular Hbond substituents is 1. The van der Waals surface area contributed by atoms with Gasteiger partial charge >= 0.3 is 8.25 Å². The molecule has 0 fully saturated rings. The fourth-order valence-electron chi connectivity index (χ4n) is 2.56. The summed E-state index contributed by atoms with van der Waals surface area (Å²) in [6, 6.07) is 4.02. The van der Waals surface area contributed by atoms with E-state index >= 15 is 0 Å². The Morgan fingerprint density at radius 3 is 1.92 bits per heavy atom. The molecule has 0 heterocycles. The Hall–Kier alpha value is -1.00. The summed E-state index contributed by atoms with van der Waals surface area (Å²) in [6.07, 6.45) is 1.37. The van der Waals surface area contributed by atoms with Crippen LogP contribution in [0.2, 0.25) is 0 Å². The molecule has 0 bridgehead atoms. The van der Waals surface area contributed by atoms with Gasteiger partial charge in [0, 0.05) is 6.61 Å². The van der Waals surface area contributed by atoms with Gasteiger partial charge in [-0.15, -0.1) is 4.52 Å². The van der Waals surface area contributed by atoms with Crippen LogP contribution in [-0.4, -0.2) is 18.3 Å². The van der Waals surface area contributed by atoms with Gasteiger partial charge in [-0.2, -0.15) is 0 Å². The maximum Gasteiger partial charge on any atom is 0.488 e. The number of unbranched alkanes of at least 4 members (excludes halogenated alkanes) is 1. The van der Waals surface area contributed by atoms with Crippen molar-refractivity contribution in [2.75, 3.05) is 13.2 Å². The fraction of sp³-hybridized carbons (Fsp3) is 0.684. The lowest BCUT2D eigenvalue weighted by molar-refractivity contribution is -0.185. The van der Waals surface area contributed by atoms with Gasteiger partial charge in [-0.1, -0.05) is 41.5 Å². The van der Waals surface area contributed by atoms with Gasteiger partial charge in [-0.05, 0) is 57.1 Å². The number of hydrogen-bond acceptors (Lipinski definition) is 5. The van der Waals surface area contributed by atoms with Gasteiger partial charge in [-0.3, -0.25) is 0 Å². The zero-order valence-electron chi connectivity index (χ0n) is 16.2. The van der Waals surface area contributed by atoms with E-state index in [9.17, 15) is 14.6 Å².